The predicted octanol–water partition coefficient (Wildman–Crippen LogP) is 4.83. The van der Waals surface area contributed by atoms with Gasteiger partial charge in [0, 0.05) is 0 Å². The Balaban J connectivity index is 2.85. The first kappa shape index (κ1) is 18.2. The number of carbonyl (C=O) groups excluding carboxylic acids is 1. The molecule has 0 N–H and O–H groups in total. The van der Waals surface area contributed by atoms with Gasteiger partial charge in [-0.15, -0.1) is 0 Å². The first-order chi connectivity index (χ1) is 10.6. The summed E-state index contributed by atoms with van der Waals surface area (Å²) in [6, 6.07) is 12.3. The van der Waals surface area contributed by atoms with Crippen molar-refractivity contribution in [3.8, 4) is 6.07 Å². The molecule has 0 fully saturated rings. The van der Waals surface area contributed by atoms with Gasteiger partial charge in [-0.2, -0.15) is 5.26 Å². The van der Waals surface area contributed by atoms with Gasteiger partial charge in [0.2, 0.25) is 0 Å². The van der Waals surface area contributed by atoms with Gasteiger partial charge in [-0.3, -0.25) is 4.79 Å². The zero-order chi connectivity index (χ0) is 16.4. The molecule has 0 spiro atoms. The fourth-order valence-corrected chi connectivity index (χ4v) is 2.91. The Hall–Kier alpha value is -1.82. The molecule has 22 heavy (non-hydrogen) atoms. The summed E-state index contributed by atoms with van der Waals surface area (Å²) in [7, 11) is 1.37. The number of nitrogens with zero attached hydrogens (tertiary/aromatic N) is 1. The van der Waals surface area contributed by atoms with Crippen molar-refractivity contribution in [2.45, 2.75) is 58.3 Å². The van der Waals surface area contributed by atoms with Gasteiger partial charge in [-0.25, -0.2) is 0 Å². The van der Waals surface area contributed by atoms with E-state index in [-0.39, 0.29) is 5.92 Å². The first-order valence-electron chi connectivity index (χ1n) is 8.14. The van der Waals surface area contributed by atoms with Crippen molar-refractivity contribution in [2.24, 2.45) is 5.41 Å². The quantitative estimate of drug-likeness (QED) is 0.484. The lowest BCUT2D eigenvalue weighted by Gasteiger charge is -2.27. The summed E-state index contributed by atoms with van der Waals surface area (Å²) in [6.07, 6.45) is 5.30. The van der Waals surface area contributed by atoms with Gasteiger partial charge < -0.3 is 4.74 Å². The molecule has 0 saturated heterocycles. The van der Waals surface area contributed by atoms with Crippen LogP contribution in [0, 0.1) is 16.7 Å². The highest BCUT2D eigenvalue weighted by atomic mass is 16.5. The number of carbonyl (C=O) groups is 1. The van der Waals surface area contributed by atoms with Gasteiger partial charge in [0.15, 0.2) is 5.41 Å². The third-order valence-corrected chi connectivity index (χ3v) is 4.27. The lowest BCUT2D eigenvalue weighted by Crippen LogP contribution is -2.32. The summed E-state index contributed by atoms with van der Waals surface area (Å²) in [6.45, 7) is 4.21. The molecule has 0 aromatic heterocycles. The second-order valence-corrected chi connectivity index (χ2v) is 6.01. The number of hydrogen-bond acceptors (Lipinski definition) is 3. The van der Waals surface area contributed by atoms with E-state index < -0.39 is 11.4 Å². The average molecular weight is 301 g/mol. The van der Waals surface area contributed by atoms with Crippen LogP contribution in [-0.2, 0) is 9.53 Å². The fraction of sp³-hybridized carbons (Fsp3) is 0.579. The molecule has 120 valence electrons. The summed E-state index contributed by atoms with van der Waals surface area (Å²) in [5.74, 6) is -0.250. The van der Waals surface area contributed by atoms with Crippen molar-refractivity contribution in [3.63, 3.8) is 0 Å². The lowest BCUT2D eigenvalue weighted by atomic mass is 9.75. The molecule has 0 saturated carbocycles. The minimum atomic E-state index is -1.03. The van der Waals surface area contributed by atoms with E-state index in [1.807, 2.05) is 30.3 Å². The van der Waals surface area contributed by atoms with Gasteiger partial charge in [0.05, 0.1) is 13.2 Å². The predicted molar refractivity (Wildman–Crippen MR) is 88.3 cm³/mol. The van der Waals surface area contributed by atoms with Gasteiger partial charge >= 0.3 is 5.97 Å². The van der Waals surface area contributed by atoms with Crippen LogP contribution in [0.1, 0.15) is 63.9 Å². The molecule has 2 atom stereocenters. The number of benzene rings is 1. The Labute approximate surface area is 134 Å². The molecular formula is C19H27NO2. The maximum absolute atomic E-state index is 12.3. The van der Waals surface area contributed by atoms with Crippen LogP contribution in [0.15, 0.2) is 30.3 Å². The molecule has 0 aliphatic carbocycles. The average Bonchev–Trinajstić information content (AvgIpc) is 2.57. The summed E-state index contributed by atoms with van der Waals surface area (Å²) < 4.78 is 4.94. The Kier molecular flexibility index (Phi) is 7.66. The van der Waals surface area contributed by atoms with Gasteiger partial charge in [-0.05, 0) is 24.3 Å². The molecule has 0 unspecified atom stereocenters. The normalized spacial score (nSPS) is 14.6. The second-order valence-electron chi connectivity index (χ2n) is 6.01. The molecular weight excluding hydrogens is 274 g/mol. The molecule has 0 aliphatic heterocycles. The van der Waals surface area contributed by atoms with Crippen LogP contribution in [0.5, 0.6) is 0 Å². The van der Waals surface area contributed by atoms with Crippen LogP contribution in [0.2, 0.25) is 0 Å². The summed E-state index contributed by atoms with van der Waals surface area (Å²) in [5, 5.41) is 9.68. The molecule has 0 bridgehead atoms. The smallest absolute Gasteiger partial charge is 0.326 e. The van der Waals surface area contributed by atoms with E-state index in [1.54, 1.807) is 0 Å². The third kappa shape index (κ3) is 4.87. The Bertz CT molecular complexity index is 492. The van der Waals surface area contributed by atoms with Crippen molar-refractivity contribution >= 4 is 5.97 Å². The standard InChI is InChI=1S/C19H27NO2/c1-4-5-6-10-13-19(15-20,18(21)22-3)14-16(2)17-11-8-7-9-12-17/h7-9,11-12,16H,4-6,10,13-14H2,1-3H3/t16-,19-/m1/s1. The number of unbranched alkanes of at least 4 members (excludes halogenated alkanes) is 3. The maximum Gasteiger partial charge on any atom is 0.326 e. The van der Waals surface area contributed by atoms with Crippen molar-refractivity contribution in [1.82, 2.24) is 0 Å². The monoisotopic (exact) mass is 301 g/mol. The zero-order valence-electron chi connectivity index (χ0n) is 14.0. The molecule has 1 aromatic carbocycles. The van der Waals surface area contributed by atoms with E-state index in [0.717, 1.165) is 31.2 Å². The summed E-state index contributed by atoms with van der Waals surface area (Å²) in [5.41, 5.74) is 0.122. The number of ether oxygens (including phenoxy) is 1. The van der Waals surface area contributed by atoms with E-state index in [2.05, 4.69) is 19.9 Å². The minimum absolute atomic E-state index is 0.145. The largest absolute Gasteiger partial charge is 0.468 e. The number of nitriles is 1. The highest BCUT2D eigenvalue weighted by Gasteiger charge is 2.40. The van der Waals surface area contributed by atoms with Crippen LogP contribution in [0.4, 0.5) is 0 Å². The molecule has 0 aliphatic rings. The number of rotatable bonds is 9. The van der Waals surface area contributed by atoms with Crippen LogP contribution in [0.3, 0.4) is 0 Å². The van der Waals surface area contributed by atoms with Crippen LogP contribution in [-0.4, -0.2) is 13.1 Å². The van der Waals surface area contributed by atoms with Crippen molar-refractivity contribution in [3.05, 3.63) is 35.9 Å². The Morgan fingerprint density at radius 3 is 2.50 bits per heavy atom. The fourth-order valence-electron chi connectivity index (χ4n) is 2.91. The molecule has 1 rings (SSSR count). The topological polar surface area (TPSA) is 50.1 Å². The maximum atomic E-state index is 12.3. The van der Waals surface area contributed by atoms with E-state index in [9.17, 15) is 10.1 Å². The molecule has 0 amide bonds. The Morgan fingerprint density at radius 1 is 1.27 bits per heavy atom. The van der Waals surface area contributed by atoms with Crippen LogP contribution < -0.4 is 0 Å². The first-order valence-corrected chi connectivity index (χ1v) is 8.14. The van der Waals surface area contributed by atoms with E-state index >= 15 is 0 Å². The molecule has 0 radical (unpaired) electrons. The van der Waals surface area contributed by atoms with Crippen molar-refractivity contribution < 1.29 is 9.53 Å². The van der Waals surface area contributed by atoms with Gasteiger partial charge in [-0.1, -0.05) is 69.9 Å². The van der Waals surface area contributed by atoms with Gasteiger partial charge in [0.25, 0.3) is 0 Å². The third-order valence-electron chi connectivity index (χ3n) is 4.27. The lowest BCUT2D eigenvalue weighted by molar-refractivity contribution is -0.150. The molecule has 0 heterocycles. The minimum Gasteiger partial charge on any atom is -0.468 e. The molecule has 3 nitrogen and oxygen atoms in total. The SMILES string of the molecule is CCCCCC[C@](C#N)(C[C@@H](C)c1ccccc1)C(=O)OC. The number of hydrogen-bond donors (Lipinski definition) is 0. The highest BCUT2D eigenvalue weighted by molar-refractivity contribution is 5.80. The second kappa shape index (κ2) is 9.25. The van der Waals surface area contributed by atoms with E-state index in [1.165, 1.54) is 7.11 Å². The summed E-state index contributed by atoms with van der Waals surface area (Å²) in [4.78, 5) is 12.3. The van der Waals surface area contributed by atoms with Crippen molar-refractivity contribution in [1.29, 1.82) is 5.26 Å². The Morgan fingerprint density at radius 2 is 1.95 bits per heavy atom. The van der Waals surface area contributed by atoms with E-state index in [4.69, 9.17) is 4.74 Å². The van der Waals surface area contributed by atoms with Crippen LogP contribution >= 0.6 is 0 Å². The zero-order valence-corrected chi connectivity index (χ0v) is 14.0. The van der Waals surface area contributed by atoms with Gasteiger partial charge in [0.1, 0.15) is 0 Å². The number of methoxy groups -OCH3 is 1. The summed E-state index contributed by atoms with van der Waals surface area (Å²) >= 11 is 0. The molecule has 3 heteroatoms. The highest BCUT2D eigenvalue weighted by Crippen LogP contribution is 2.37. The number of esters is 1. The van der Waals surface area contributed by atoms with Crippen LogP contribution in [0.25, 0.3) is 0 Å². The van der Waals surface area contributed by atoms with Crippen molar-refractivity contribution in [2.75, 3.05) is 7.11 Å². The van der Waals surface area contributed by atoms with E-state index in [0.29, 0.717) is 12.8 Å². The molecule has 1 aromatic rings.